The zero-order valence-electron chi connectivity index (χ0n) is 16.6. The summed E-state index contributed by atoms with van der Waals surface area (Å²) in [4.78, 5) is 12.5. The van der Waals surface area contributed by atoms with Crippen LogP contribution in [0.1, 0.15) is 15.9 Å². The van der Waals surface area contributed by atoms with E-state index in [4.69, 9.17) is 9.47 Å². The van der Waals surface area contributed by atoms with Crippen molar-refractivity contribution in [3.8, 4) is 5.75 Å². The van der Waals surface area contributed by atoms with Gasteiger partial charge in [-0.1, -0.05) is 78.9 Å². The number of hydrogen-bond acceptors (Lipinski definition) is 3. The lowest BCUT2D eigenvalue weighted by molar-refractivity contribution is 0.0603. The highest BCUT2D eigenvalue weighted by atomic mass is 16.5. The third-order valence-corrected chi connectivity index (χ3v) is 5.49. The Labute approximate surface area is 174 Å². The molecule has 0 saturated heterocycles. The molecule has 0 aromatic heterocycles. The first kappa shape index (κ1) is 18.2. The van der Waals surface area contributed by atoms with Gasteiger partial charge in [0.2, 0.25) is 0 Å². The fourth-order valence-corrected chi connectivity index (χ4v) is 4.05. The van der Waals surface area contributed by atoms with E-state index in [9.17, 15) is 4.79 Å². The minimum atomic E-state index is -0.353. The van der Waals surface area contributed by atoms with Crippen LogP contribution in [0.2, 0.25) is 0 Å². The molecule has 30 heavy (non-hydrogen) atoms. The first-order valence-electron chi connectivity index (χ1n) is 9.88. The molecule has 0 bridgehead atoms. The molecule has 5 aromatic carbocycles. The van der Waals surface area contributed by atoms with Gasteiger partial charge in [0, 0.05) is 16.2 Å². The third-order valence-electron chi connectivity index (χ3n) is 5.49. The normalized spacial score (nSPS) is 11.1. The number of benzene rings is 5. The molecule has 0 spiro atoms. The van der Waals surface area contributed by atoms with E-state index in [1.165, 1.54) is 7.11 Å². The number of rotatable bonds is 4. The number of esters is 1. The second-order valence-electron chi connectivity index (χ2n) is 7.25. The van der Waals surface area contributed by atoms with Gasteiger partial charge in [-0.15, -0.1) is 0 Å². The Morgan fingerprint density at radius 3 is 2.27 bits per heavy atom. The minimum absolute atomic E-state index is 0.353. The monoisotopic (exact) mass is 392 g/mol. The predicted octanol–water partition coefficient (Wildman–Crippen LogP) is 6.51. The van der Waals surface area contributed by atoms with Gasteiger partial charge < -0.3 is 9.47 Å². The molecule has 0 amide bonds. The van der Waals surface area contributed by atoms with E-state index >= 15 is 0 Å². The Hall–Kier alpha value is -3.85. The molecule has 0 N–H and O–H groups in total. The Balaban J connectivity index is 1.81. The second kappa shape index (κ2) is 7.53. The van der Waals surface area contributed by atoms with E-state index in [-0.39, 0.29) is 5.97 Å². The highest BCUT2D eigenvalue weighted by molar-refractivity contribution is 6.24. The van der Waals surface area contributed by atoms with Crippen LogP contribution in [-0.2, 0) is 11.3 Å². The van der Waals surface area contributed by atoms with Crippen molar-refractivity contribution in [3.05, 3.63) is 102 Å². The lowest BCUT2D eigenvalue weighted by atomic mass is 9.93. The van der Waals surface area contributed by atoms with Crippen molar-refractivity contribution in [2.45, 2.75) is 6.61 Å². The van der Waals surface area contributed by atoms with Gasteiger partial charge in [0.25, 0.3) is 0 Å². The molecule has 5 rings (SSSR count). The van der Waals surface area contributed by atoms with Crippen molar-refractivity contribution in [2.75, 3.05) is 7.11 Å². The Bertz CT molecular complexity index is 1390. The van der Waals surface area contributed by atoms with Crippen molar-refractivity contribution < 1.29 is 14.3 Å². The first-order chi connectivity index (χ1) is 14.8. The summed E-state index contributed by atoms with van der Waals surface area (Å²) in [5.74, 6) is 0.401. The molecule has 0 atom stereocenters. The molecule has 0 saturated carbocycles. The van der Waals surface area contributed by atoms with Crippen molar-refractivity contribution >= 4 is 38.3 Å². The summed E-state index contributed by atoms with van der Waals surface area (Å²) in [6.45, 7) is 0.453. The SMILES string of the molecule is COC(=O)c1ccc(OCc2ccccc2)c2c1ccc1ccc3ccccc3c12. The van der Waals surface area contributed by atoms with Crippen LogP contribution in [0.25, 0.3) is 32.3 Å². The maximum Gasteiger partial charge on any atom is 0.338 e. The fraction of sp³-hybridized carbons (Fsp3) is 0.0741. The van der Waals surface area contributed by atoms with Gasteiger partial charge in [0.05, 0.1) is 12.7 Å². The zero-order chi connectivity index (χ0) is 20.5. The topological polar surface area (TPSA) is 35.5 Å². The lowest BCUT2D eigenvalue weighted by Gasteiger charge is -2.15. The van der Waals surface area contributed by atoms with E-state index < -0.39 is 0 Å². The molecular weight excluding hydrogens is 372 g/mol. The van der Waals surface area contributed by atoms with Crippen molar-refractivity contribution in [2.24, 2.45) is 0 Å². The van der Waals surface area contributed by atoms with Crippen molar-refractivity contribution in [1.82, 2.24) is 0 Å². The standard InChI is InChI=1S/C27H20O3/c1-29-27(28)23-15-16-24(30-17-18-7-3-2-4-8-18)26-22(23)14-13-20-12-11-19-9-5-6-10-21(19)25(20)26/h2-16H,17H2,1H3. The van der Waals surface area contributed by atoms with Crippen LogP contribution in [0.15, 0.2) is 91.0 Å². The highest BCUT2D eigenvalue weighted by Gasteiger charge is 2.17. The van der Waals surface area contributed by atoms with Crippen LogP contribution in [0.4, 0.5) is 0 Å². The zero-order valence-corrected chi connectivity index (χ0v) is 16.6. The Morgan fingerprint density at radius 1 is 0.700 bits per heavy atom. The van der Waals surface area contributed by atoms with Gasteiger partial charge in [0.1, 0.15) is 12.4 Å². The molecule has 0 radical (unpaired) electrons. The van der Waals surface area contributed by atoms with E-state index in [2.05, 4.69) is 30.3 Å². The molecule has 0 aliphatic carbocycles. The third kappa shape index (κ3) is 3.05. The number of hydrogen-bond donors (Lipinski definition) is 0. The van der Waals surface area contributed by atoms with Gasteiger partial charge in [0.15, 0.2) is 0 Å². The van der Waals surface area contributed by atoms with Gasteiger partial charge in [-0.05, 0) is 33.9 Å². The van der Waals surface area contributed by atoms with Gasteiger partial charge in [-0.2, -0.15) is 0 Å². The van der Waals surface area contributed by atoms with Crippen LogP contribution in [0.5, 0.6) is 5.75 Å². The smallest absolute Gasteiger partial charge is 0.338 e. The molecule has 5 aromatic rings. The van der Waals surface area contributed by atoms with Crippen LogP contribution >= 0.6 is 0 Å². The predicted molar refractivity (Wildman–Crippen MR) is 121 cm³/mol. The lowest BCUT2D eigenvalue weighted by Crippen LogP contribution is -2.04. The molecule has 0 aliphatic heterocycles. The Kier molecular flexibility index (Phi) is 4.56. The van der Waals surface area contributed by atoms with Gasteiger partial charge >= 0.3 is 5.97 Å². The quantitative estimate of drug-likeness (QED) is 0.258. The summed E-state index contributed by atoms with van der Waals surface area (Å²) >= 11 is 0. The number of ether oxygens (including phenoxy) is 2. The van der Waals surface area contributed by atoms with Crippen LogP contribution < -0.4 is 4.74 Å². The molecule has 0 fully saturated rings. The van der Waals surface area contributed by atoms with Crippen LogP contribution in [-0.4, -0.2) is 13.1 Å². The van der Waals surface area contributed by atoms with E-state index in [1.54, 1.807) is 6.07 Å². The molecule has 0 unspecified atom stereocenters. The Morgan fingerprint density at radius 2 is 1.43 bits per heavy atom. The summed E-state index contributed by atoms with van der Waals surface area (Å²) in [7, 11) is 1.41. The average molecular weight is 392 g/mol. The molecule has 3 nitrogen and oxygen atoms in total. The van der Waals surface area contributed by atoms with Crippen LogP contribution in [0.3, 0.4) is 0 Å². The summed E-state index contributed by atoms with van der Waals surface area (Å²) in [5, 5.41) is 6.23. The van der Waals surface area contributed by atoms with Gasteiger partial charge in [-0.25, -0.2) is 4.79 Å². The largest absolute Gasteiger partial charge is 0.488 e. The van der Waals surface area contributed by atoms with Crippen molar-refractivity contribution in [1.29, 1.82) is 0 Å². The second-order valence-corrected chi connectivity index (χ2v) is 7.25. The molecule has 146 valence electrons. The summed E-state index contributed by atoms with van der Waals surface area (Å²) in [6.07, 6.45) is 0. The molecule has 0 heterocycles. The number of carbonyl (C=O) groups is 1. The van der Waals surface area contributed by atoms with E-state index in [1.807, 2.05) is 54.6 Å². The number of carbonyl (C=O) groups excluding carboxylic acids is 1. The summed E-state index contributed by atoms with van der Waals surface area (Å²) in [5.41, 5.74) is 1.63. The molecule has 0 aliphatic rings. The number of methoxy groups -OCH3 is 1. The van der Waals surface area contributed by atoms with E-state index in [0.29, 0.717) is 12.2 Å². The van der Waals surface area contributed by atoms with E-state index in [0.717, 1.165) is 43.6 Å². The summed E-state index contributed by atoms with van der Waals surface area (Å²) in [6, 6.07) is 30.3. The maximum absolute atomic E-state index is 12.5. The first-order valence-corrected chi connectivity index (χ1v) is 9.88. The maximum atomic E-state index is 12.5. The minimum Gasteiger partial charge on any atom is -0.488 e. The molecule has 3 heteroatoms. The van der Waals surface area contributed by atoms with Crippen molar-refractivity contribution in [3.63, 3.8) is 0 Å². The fourth-order valence-electron chi connectivity index (χ4n) is 4.05. The number of fused-ring (bicyclic) bond motifs is 5. The van der Waals surface area contributed by atoms with Crippen LogP contribution in [0, 0.1) is 0 Å². The highest BCUT2D eigenvalue weighted by Crippen LogP contribution is 2.39. The molecular formula is C27H20O3. The average Bonchev–Trinajstić information content (AvgIpc) is 2.82. The van der Waals surface area contributed by atoms with Gasteiger partial charge in [-0.3, -0.25) is 0 Å². The summed E-state index contributed by atoms with van der Waals surface area (Å²) < 4.78 is 11.3.